The Kier molecular flexibility index (Phi) is 7.59. The first-order valence-electron chi connectivity index (χ1n) is 9.35. The normalized spacial score (nSPS) is 19.5. The molecule has 2 saturated heterocycles. The molecule has 4 nitrogen and oxygen atoms in total. The van der Waals surface area contributed by atoms with Gasteiger partial charge in [0, 0.05) is 31.5 Å². The second-order valence-electron chi connectivity index (χ2n) is 7.41. The Labute approximate surface area is 160 Å². The Balaban J connectivity index is 0.00000243. The lowest BCUT2D eigenvalue weighted by atomic mass is 9.73. The average molecular weight is 383 g/mol. The first-order chi connectivity index (χ1) is 12.1. The number of carbonyl (C=O) groups excluding carboxylic acids is 2. The number of benzene rings is 1. The van der Waals surface area contributed by atoms with Gasteiger partial charge in [-0.15, -0.1) is 12.4 Å². The van der Waals surface area contributed by atoms with Gasteiger partial charge in [0.05, 0.1) is 0 Å². The molecule has 144 valence electrons. The van der Waals surface area contributed by atoms with Crippen LogP contribution >= 0.6 is 12.4 Å². The summed E-state index contributed by atoms with van der Waals surface area (Å²) in [6.07, 6.45) is 6.17. The number of hydrogen-bond donors (Lipinski definition) is 1. The number of carbonyl (C=O) groups is 2. The van der Waals surface area contributed by atoms with Crippen LogP contribution in [0.1, 0.15) is 55.3 Å². The maximum Gasteiger partial charge on any atom is 0.223 e. The van der Waals surface area contributed by atoms with Crippen LogP contribution in [0.4, 0.5) is 4.39 Å². The van der Waals surface area contributed by atoms with E-state index >= 15 is 0 Å². The first-order valence-corrected chi connectivity index (χ1v) is 9.35. The van der Waals surface area contributed by atoms with Crippen LogP contribution in [0.2, 0.25) is 0 Å². The Morgan fingerprint density at radius 1 is 1.00 bits per heavy atom. The Morgan fingerprint density at radius 2 is 1.69 bits per heavy atom. The highest BCUT2D eigenvalue weighted by atomic mass is 35.5. The van der Waals surface area contributed by atoms with Crippen molar-refractivity contribution >= 4 is 24.1 Å². The molecular weight excluding hydrogens is 355 g/mol. The summed E-state index contributed by atoms with van der Waals surface area (Å²) < 4.78 is 12.9. The van der Waals surface area contributed by atoms with Gasteiger partial charge in [-0.1, -0.05) is 0 Å². The minimum atomic E-state index is -0.357. The number of hydrogen-bond acceptors (Lipinski definition) is 3. The fourth-order valence-electron chi connectivity index (χ4n) is 4.12. The molecule has 1 spiro atoms. The van der Waals surface area contributed by atoms with Crippen LogP contribution in [-0.2, 0) is 4.79 Å². The minimum absolute atomic E-state index is 0. The van der Waals surface area contributed by atoms with E-state index in [9.17, 15) is 14.0 Å². The summed E-state index contributed by atoms with van der Waals surface area (Å²) >= 11 is 0. The van der Waals surface area contributed by atoms with E-state index in [1.165, 1.54) is 43.5 Å². The quantitative estimate of drug-likeness (QED) is 0.809. The summed E-state index contributed by atoms with van der Waals surface area (Å²) in [5, 5.41) is 3.42. The van der Waals surface area contributed by atoms with E-state index in [2.05, 4.69) is 5.32 Å². The SMILES string of the molecule is Cl.O=C(CCC(=O)N1CCCC2(CCNCC2)CC1)c1ccc(F)cc1. The molecule has 2 heterocycles. The number of Topliss-reactive ketones (excluding diaryl/α,β-unsaturated/α-hetero) is 1. The third kappa shape index (κ3) is 5.27. The van der Waals surface area contributed by atoms with Gasteiger partial charge < -0.3 is 10.2 Å². The van der Waals surface area contributed by atoms with Crippen molar-refractivity contribution < 1.29 is 14.0 Å². The lowest BCUT2D eigenvalue weighted by molar-refractivity contribution is -0.131. The molecule has 0 atom stereocenters. The maximum absolute atomic E-state index is 12.9. The van der Waals surface area contributed by atoms with Crippen LogP contribution in [0.15, 0.2) is 24.3 Å². The lowest BCUT2D eigenvalue weighted by Gasteiger charge is -2.37. The van der Waals surface area contributed by atoms with Crippen LogP contribution in [0.3, 0.4) is 0 Å². The molecular formula is C20H28ClFN2O2. The largest absolute Gasteiger partial charge is 0.343 e. The zero-order valence-electron chi connectivity index (χ0n) is 15.1. The van der Waals surface area contributed by atoms with Crippen molar-refractivity contribution in [1.29, 1.82) is 0 Å². The van der Waals surface area contributed by atoms with E-state index in [0.29, 0.717) is 11.0 Å². The van der Waals surface area contributed by atoms with Gasteiger partial charge in [-0.25, -0.2) is 4.39 Å². The van der Waals surface area contributed by atoms with Crippen LogP contribution in [0, 0.1) is 11.2 Å². The Bertz CT molecular complexity index is 615. The zero-order chi connectivity index (χ0) is 17.7. The number of ketones is 1. The molecule has 2 fully saturated rings. The fourth-order valence-corrected chi connectivity index (χ4v) is 4.12. The van der Waals surface area contributed by atoms with Gasteiger partial charge in [-0.3, -0.25) is 9.59 Å². The molecule has 0 saturated carbocycles. The third-order valence-corrected chi connectivity index (χ3v) is 5.80. The summed E-state index contributed by atoms with van der Waals surface area (Å²) in [6, 6.07) is 5.52. The van der Waals surface area contributed by atoms with Gasteiger partial charge in [-0.05, 0) is 74.9 Å². The molecule has 1 N–H and O–H groups in total. The van der Waals surface area contributed by atoms with Crippen molar-refractivity contribution in [3.63, 3.8) is 0 Å². The van der Waals surface area contributed by atoms with Crippen LogP contribution in [0.25, 0.3) is 0 Å². The first kappa shape index (κ1) is 20.8. The maximum atomic E-state index is 12.9. The number of likely N-dealkylation sites (tertiary alicyclic amines) is 1. The second kappa shape index (κ2) is 9.47. The predicted molar refractivity (Wildman–Crippen MR) is 102 cm³/mol. The third-order valence-electron chi connectivity index (χ3n) is 5.80. The van der Waals surface area contributed by atoms with E-state index in [4.69, 9.17) is 0 Å². The van der Waals surface area contributed by atoms with E-state index in [-0.39, 0.29) is 42.8 Å². The van der Waals surface area contributed by atoms with Crippen molar-refractivity contribution in [2.24, 2.45) is 5.41 Å². The summed E-state index contributed by atoms with van der Waals surface area (Å²) in [7, 11) is 0. The van der Waals surface area contributed by atoms with Crippen molar-refractivity contribution in [2.75, 3.05) is 26.2 Å². The number of nitrogens with one attached hydrogen (secondary N) is 1. The van der Waals surface area contributed by atoms with Crippen LogP contribution in [0.5, 0.6) is 0 Å². The molecule has 1 amide bonds. The Morgan fingerprint density at radius 3 is 2.38 bits per heavy atom. The highest BCUT2D eigenvalue weighted by molar-refractivity contribution is 5.97. The fraction of sp³-hybridized carbons (Fsp3) is 0.600. The molecule has 0 bridgehead atoms. The molecule has 0 radical (unpaired) electrons. The highest BCUT2D eigenvalue weighted by Crippen LogP contribution is 2.39. The number of piperidine rings is 1. The lowest BCUT2D eigenvalue weighted by Crippen LogP contribution is -2.38. The van der Waals surface area contributed by atoms with Crippen molar-refractivity contribution in [3.05, 3.63) is 35.6 Å². The predicted octanol–water partition coefficient (Wildman–Crippen LogP) is 3.59. The molecule has 6 heteroatoms. The summed E-state index contributed by atoms with van der Waals surface area (Å²) in [4.78, 5) is 26.6. The Hall–Kier alpha value is -1.46. The molecule has 0 aromatic heterocycles. The van der Waals surface area contributed by atoms with E-state index in [1.54, 1.807) is 0 Å². The van der Waals surface area contributed by atoms with Crippen LogP contribution in [-0.4, -0.2) is 42.8 Å². The van der Waals surface area contributed by atoms with Gasteiger partial charge in [0.2, 0.25) is 5.91 Å². The number of rotatable bonds is 4. The monoisotopic (exact) mass is 382 g/mol. The summed E-state index contributed by atoms with van der Waals surface area (Å²) in [6.45, 7) is 3.78. The van der Waals surface area contributed by atoms with Gasteiger partial charge in [-0.2, -0.15) is 0 Å². The molecule has 2 aliphatic heterocycles. The zero-order valence-corrected chi connectivity index (χ0v) is 16.0. The summed E-state index contributed by atoms with van der Waals surface area (Å²) in [5.74, 6) is -0.386. The molecule has 3 rings (SSSR count). The van der Waals surface area contributed by atoms with Gasteiger partial charge in [0.1, 0.15) is 5.82 Å². The summed E-state index contributed by atoms with van der Waals surface area (Å²) in [5.41, 5.74) is 0.878. The average Bonchev–Trinajstić information content (AvgIpc) is 2.83. The molecule has 0 aliphatic carbocycles. The number of amides is 1. The van der Waals surface area contributed by atoms with Crippen LogP contribution < -0.4 is 5.32 Å². The number of halogens is 2. The van der Waals surface area contributed by atoms with E-state index in [0.717, 1.165) is 39.0 Å². The van der Waals surface area contributed by atoms with Crippen molar-refractivity contribution in [1.82, 2.24) is 10.2 Å². The number of nitrogens with zero attached hydrogens (tertiary/aromatic N) is 1. The molecule has 1 aromatic rings. The standard InChI is InChI=1S/C20H27FN2O2.ClH/c21-17-4-2-16(3-5-17)18(24)6-7-19(25)23-14-1-8-20(11-15-23)9-12-22-13-10-20;/h2-5,22H,1,6-15H2;1H. The minimum Gasteiger partial charge on any atom is -0.343 e. The second-order valence-corrected chi connectivity index (χ2v) is 7.41. The molecule has 0 unspecified atom stereocenters. The molecule has 2 aliphatic rings. The highest BCUT2D eigenvalue weighted by Gasteiger charge is 2.34. The molecule has 1 aromatic carbocycles. The van der Waals surface area contributed by atoms with E-state index < -0.39 is 0 Å². The van der Waals surface area contributed by atoms with Gasteiger partial charge in [0.25, 0.3) is 0 Å². The van der Waals surface area contributed by atoms with Gasteiger partial charge in [0.15, 0.2) is 5.78 Å². The van der Waals surface area contributed by atoms with Crippen molar-refractivity contribution in [2.45, 2.75) is 44.9 Å². The molecule has 26 heavy (non-hydrogen) atoms. The van der Waals surface area contributed by atoms with E-state index in [1.807, 2.05) is 4.90 Å². The smallest absolute Gasteiger partial charge is 0.223 e. The topological polar surface area (TPSA) is 49.4 Å². The van der Waals surface area contributed by atoms with Gasteiger partial charge >= 0.3 is 0 Å². The van der Waals surface area contributed by atoms with Crippen molar-refractivity contribution in [3.8, 4) is 0 Å².